The first-order valence-electron chi connectivity index (χ1n) is 7.84. The topological polar surface area (TPSA) is 9.23 Å². The lowest BCUT2D eigenvalue weighted by Gasteiger charge is -2.12. The predicted molar refractivity (Wildman–Crippen MR) is 93.3 cm³/mol. The van der Waals surface area contributed by atoms with E-state index in [0.717, 1.165) is 23.3 Å². The minimum Gasteiger partial charge on any atom is -0.491 e. The highest BCUT2D eigenvalue weighted by Crippen LogP contribution is 2.37. The summed E-state index contributed by atoms with van der Waals surface area (Å²) in [5.74, 6) is -7.16. The average Bonchev–Trinajstić information content (AvgIpc) is 2.65. The molecule has 0 heterocycles. The van der Waals surface area contributed by atoms with Gasteiger partial charge in [0, 0.05) is 0 Å². The Morgan fingerprint density at radius 1 is 0.615 bits per heavy atom. The van der Waals surface area contributed by atoms with Gasteiger partial charge in [-0.1, -0.05) is 36.4 Å². The van der Waals surface area contributed by atoms with Gasteiger partial charge in [-0.05, 0) is 45.3 Å². The largest absolute Gasteiger partial charge is 0.491 e. The van der Waals surface area contributed by atoms with Crippen LogP contribution in [0, 0.1) is 23.3 Å². The zero-order valence-electron chi connectivity index (χ0n) is 13.6. The van der Waals surface area contributed by atoms with Crippen LogP contribution in [0.4, 0.5) is 17.6 Å². The minimum atomic E-state index is -1.56. The summed E-state index contributed by atoms with van der Waals surface area (Å²) in [5.41, 5.74) is -0.709. The summed E-state index contributed by atoms with van der Waals surface area (Å²) in [6.45, 7) is 0. The second-order valence-corrected chi connectivity index (χ2v) is 5.93. The van der Waals surface area contributed by atoms with Crippen molar-refractivity contribution in [2.75, 3.05) is 7.11 Å². The van der Waals surface area contributed by atoms with E-state index in [1.165, 1.54) is 12.1 Å². The van der Waals surface area contributed by atoms with Crippen molar-refractivity contribution in [1.29, 1.82) is 0 Å². The van der Waals surface area contributed by atoms with Crippen LogP contribution in [0.3, 0.4) is 0 Å². The molecule has 1 nitrogen and oxygen atoms in total. The van der Waals surface area contributed by atoms with Gasteiger partial charge < -0.3 is 4.74 Å². The van der Waals surface area contributed by atoms with Gasteiger partial charge in [-0.15, -0.1) is 0 Å². The van der Waals surface area contributed by atoms with E-state index in [-0.39, 0.29) is 5.56 Å². The SMILES string of the molecule is COc1c(F)c(F)c(-c2ccc3cc4ccccc4cc3c2)c(F)c1F. The second kappa shape index (κ2) is 6.02. The number of ether oxygens (including phenoxy) is 1. The van der Waals surface area contributed by atoms with E-state index in [0.29, 0.717) is 5.39 Å². The lowest BCUT2D eigenvalue weighted by Crippen LogP contribution is -2.03. The zero-order chi connectivity index (χ0) is 18.4. The molecule has 5 heteroatoms. The van der Waals surface area contributed by atoms with Crippen LogP contribution in [0.5, 0.6) is 5.75 Å². The van der Waals surface area contributed by atoms with Gasteiger partial charge in [-0.2, -0.15) is 8.78 Å². The summed E-state index contributed by atoms with van der Waals surface area (Å²) in [6.07, 6.45) is 0. The van der Waals surface area contributed by atoms with Crippen molar-refractivity contribution >= 4 is 21.5 Å². The summed E-state index contributed by atoms with van der Waals surface area (Å²) in [5, 5.41) is 3.52. The van der Waals surface area contributed by atoms with Gasteiger partial charge in [0.05, 0.1) is 12.7 Å². The molecule has 0 saturated carbocycles. The fourth-order valence-electron chi connectivity index (χ4n) is 3.14. The van der Waals surface area contributed by atoms with Crippen LogP contribution in [-0.4, -0.2) is 7.11 Å². The fraction of sp³-hybridized carbons (Fsp3) is 0.0476. The van der Waals surface area contributed by atoms with Crippen LogP contribution < -0.4 is 4.74 Å². The zero-order valence-corrected chi connectivity index (χ0v) is 13.6. The summed E-state index contributed by atoms with van der Waals surface area (Å²) in [6, 6.07) is 16.1. The van der Waals surface area contributed by atoms with Crippen LogP contribution in [0.15, 0.2) is 54.6 Å². The quantitative estimate of drug-likeness (QED) is 0.235. The van der Waals surface area contributed by atoms with Crippen molar-refractivity contribution < 1.29 is 22.3 Å². The van der Waals surface area contributed by atoms with E-state index < -0.39 is 34.6 Å². The van der Waals surface area contributed by atoms with Gasteiger partial charge in [0.15, 0.2) is 17.4 Å². The third-order valence-corrected chi connectivity index (χ3v) is 4.42. The van der Waals surface area contributed by atoms with E-state index in [1.807, 2.05) is 36.4 Å². The number of rotatable bonds is 2. The summed E-state index contributed by atoms with van der Waals surface area (Å²) < 4.78 is 61.2. The molecule has 130 valence electrons. The first-order valence-corrected chi connectivity index (χ1v) is 7.84. The lowest BCUT2D eigenvalue weighted by molar-refractivity contribution is 0.334. The van der Waals surface area contributed by atoms with Crippen molar-refractivity contribution in [1.82, 2.24) is 0 Å². The number of hydrogen-bond acceptors (Lipinski definition) is 1. The highest BCUT2D eigenvalue weighted by atomic mass is 19.2. The molecule has 0 aliphatic carbocycles. The number of hydrogen-bond donors (Lipinski definition) is 0. The standard InChI is InChI=1S/C21H12F4O/c1-26-21-19(24)17(22)16(18(23)20(21)25)14-7-6-13-8-11-4-2-3-5-12(11)9-15(13)10-14/h2-10H,1H3. The number of fused-ring (bicyclic) bond motifs is 2. The maximum atomic E-state index is 14.4. The molecule has 0 fully saturated rings. The first kappa shape index (κ1) is 16.4. The summed E-state index contributed by atoms with van der Waals surface area (Å²) in [4.78, 5) is 0. The van der Waals surface area contributed by atoms with Crippen LogP contribution in [0.1, 0.15) is 0 Å². The number of benzene rings is 4. The van der Waals surface area contributed by atoms with Crippen LogP contribution in [-0.2, 0) is 0 Å². The van der Waals surface area contributed by atoms with Crippen molar-refractivity contribution in [2.24, 2.45) is 0 Å². The second-order valence-electron chi connectivity index (χ2n) is 5.93. The molecule has 4 aromatic carbocycles. The Bertz CT molecular complexity index is 1140. The van der Waals surface area contributed by atoms with Gasteiger partial charge in [0.1, 0.15) is 0 Å². The van der Waals surface area contributed by atoms with Gasteiger partial charge in [0.25, 0.3) is 0 Å². The summed E-state index contributed by atoms with van der Waals surface area (Å²) in [7, 11) is 0.946. The molecule has 26 heavy (non-hydrogen) atoms. The Morgan fingerprint density at radius 3 is 1.73 bits per heavy atom. The molecule has 0 unspecified atom stereocenters. The molecule has 0 amide bonds. The van der Waals surface area contributed by atoms with E-state index >= 15 is 0 Å². The Hall–Kier alpha value is -3.08. The smallest absolute Gasteiger partial charge is 0.204 e. The number of halogens is 4. The van der Waals surface area contributed by atoms with E-state index in [9.17, 15) is 17.6 Å². The van der Waals surface area contributed by atoms with Crippen molar-refractivity contribution in [3.8, 4) is 16.9 Å². The Balaban J connectivity index is 1.99. The van der Waals surface area contributed by atoms with Crippen LogP contribution in [0.2, 0.25) is 0 Å². The molecule has 0 radical (unpaired) electrons. The molecular weight excluding hydrogens is 344 g/mol. The monoisotopic (exact) mass is 356 g/mol. The maximum absolute atomic E-state index is 14.4. The first-order chi connectivity index (χ1) is 12.5. The van der Waals surface area contributed by atoms with Crippen molar-refractivity contribution in [3.63, 3.8) is 0 Å². The van der Waals surface area contributed by atoms with Gasteiger partial charge >= 0.3 is 0 Å². The molecule has 0 N–H and O–H groups in total. The van der Waals surface area contributed by atoms with E-state index in [1.54, 1.807) is 6.07 Å². The molecular formula is C21H12F4O. The van der Waals surface area contributed by atoms with Crippen molar-refractivity contribution in [2.45, 2.75) is 0 Å². The Morgan fingerprint density at radius 2 is 1.15 bits per heavy atom. The highest BCUT2D eigenvalue weighted by molar-refractivity contribution is 5.99. The summed E-state index contributed by atoms with van der Waals surface area (Å²) >= 11 is 0. The normalized spacial score (nSPS) is 11.3. The fourth-order valence-corrected chi connectivity index (χ4v) is 3.14. The molecule has 0 aromatic heterocycles. The van der Waals surface area contributed by atoms with Crippen molar-refractivity contribution in [3.05, 3.63) is 77.9 Å². The minimum absolute atomic E-state index is 0.0447. The predicted octanol–water partition coefficient (Wildman–Crippen LogP) is 6.23. The third-order valence-electron chi connectivity index (χ3n) is 4.42. The molecule has 0 spiro atoms. The van der Waals surface area contributed by atoms with E-state index in [2.05, 4.69) is 4.74 Å². The highest BCUT2D eigenvalue weighted by Gasteiger charge is 2.27. The van der Waals surface area contributed by atoms with Gasteiger partial charge in [0.2, 0.25) is 11.6 Å². The number of methoxy groups -OCH3 is 1. The molecule has 0 aliphatic heterocycles. The third kappa shape index (κ3) is 2.39. The molecule has 4 rings (SSSR count). The van der Waals surface area contributed by atoms with E-state index in [4.69, 9.17) is 0 Å². The van der Waals surface area contributed by atoms with Crippen LogP contribution in [0.25, 0.3) is 32.7 Å². The molecule has 0 bridgehead atoms. The molecule has 0 aliphatic rings. The average molecular weight is 356 g/mol. The molecule has 0 saturated heterocycles. The molecule has 0 atom stereocenters. The maximum Gasteiger partial charge on any atom is 0.204 e. The Labute approximate surface area is 146 Å². The van der Waals surface area contributed by atoms with Gasteiger partial charge in [-0.3, -0.25) is 0 Å². The Kier molecular flexibility index (Phi) is 3.80. The lowest BCUT2D eigenvalue weighted by atomic mass is 9.97. The van der Waals surface area contributed by atoms with Crippen LogP contribution >= 0.6 is 0 Å². The molecule has 4 aromatic rings. The van der Waals surface area contributed by atoms with Gasteiger partial charge in [-0.25, -0.2) is 8.78 Å².